The number of nitrogens with zero attached hydrogens (tertiary/aromatic N) is 3. The van der Waals surface area contributed by atoms with Gasteiger partial charge in [-0.1, -0.05) is 0 Å². The average molecular weight is 409 g/mol. The Balaban J connectivity index is 1.29. The Bertz CT molecular complexity index is 1010. The SMILES string of the molecule is CN=C(NCCc1c[nH]c2ccc(F)cc12)NCc1ccnc(N2CCCCC2)c1. The van der Waals surface area contributed by atoms with Crippen LogP contribution in [0.25, 0.3) is 10.9 Å². The molecule has 0 radical (unpaired) electrons. The molecule has 3 heterocycles. The predicted octanol–water partition coefficient (Wildman–Crippen LogP) is 3.60. The number of anilines is 1. The van der Waals surface area contributed by atoms with Crippen molar-refractivity contribution in [3.63, 3.8) is 0 Å². The normalized spacial score (nSPS) is 14.9. The van der Waals surface area contributed by atoms with Crippen LogP contribution in [-0.2, 0) is 13.0 Å². The zero-order chi connectivity index (χ0) is 20.8. The molecular formula is C23H29FN6. The number of nitrogens with one attached hydrogen (secondary N) is 3. The Morgan fingerprint density at radius 1 is 1.17 bits per heavy atom. The quantitative estimate of drug-likeness (QED) is 0.431. The van der Waals surface area contributed by atoms with Gasteiger partial charge >= 0.3 is 0 Å². The fourth-order valence-electron chi connectivity index (χ4n) is 3.95. The maximum Gasteiger partial charge on any atom is 0.191 e. The lowest BCUT2D eigenvalue weighted by atomic mass is 10.1. The molecule has 7 heteroatoms. The maximum absolute atomic E-state index is 13.5. The largest absolute Gasteiger partial charge is 0.361 e. The van der Waals surface area contributed by atoms with Crippen LogP contribution in [0, 0.1) is 5.82 Å². The molecule has 2 aromatic heterocycles. The number of guanidine groups is 1. The minimum atomic E-state index is -0.213. The van der Waals surface area contributed by atoms with Gasteiger partial charge in [-0.3, -0.25) is 4.99 Å². The van der Waals surface area contributed by atoms with Crippen molar-refractivity contribution in [3.8, 4) is 0 Å². The first-order valence-electron chi connectivity index (χ1n) is 10.6. The summed E-state index contributed by atoms with van der Waals surface area (Å²) in [7, 11) is 1.77. The van der Waals surface area contributed by atoms with Crippen LogP contribution < -0.4 is 15.5 Å². The first kappa shape index (κ1) is 20.2. The number of benzene rings is 1. The molecule has 6 nitrogen and oxygen atoms in total. The molecule has 0 spiro atoms. The van der Waals surface area contributed by atoms with Crippen LogP contribution in [0.15, 0.2) is 47.7 Å². The number of H-pyrrole nitrogens is 1. The number of hydrogen-bond donors (Lipinski definition) is 3. The third-order valence-corrected chi connectivity index (χ3v) is 5.59. The van der Waals surface area contributed by atoms with Gasteiger partial charge in [-0.25, -0.2) is 9.37 Å². The highest BCUT2D eigenvalue weighted by Crippen LogP contribution is 2.20. The first-order chi connectivity index (χ1) is 14.7. The number of piperidine rings is 1. The number of pyridine rings is 1. The summed E-state index contributed by atoms with van der Waals surface area (Å²) in [6.07, 6.45) is 8.40. The molecular weight excluding hydrogens is 379 g/mol. The molecule has 0 bridgehead atoms. The Morgan fingerprint density at radius 3 is 2.87 bits per heavy atom. The van der Waals surface area contributed by atoms with Gasteiger partial charge in [0.1, 0.15) is 11.6 Å². The Labute approximate surface area is 176 Å². The number of halogens is 1. The Hall–Kier alpha value is -3.09. The summed E-state index contributed by atoms with van der Waals surface area (Å²) >= 11 is 0. The summed E-state index contributed by atoms with van der Waals surface area (Å²) in [5.74, 6) is 1.59. The van der Waals surface area contributed by atoms with Crippen molar-refractivity contribution in [2.45, 2.75) is 32.2 Å². The lowest BCUT2D eigenvalue weighted by Crippen LogP contribution is -2.38. The standard InChI is InChI=1S/C23H29FN6/c1-25-23(27-10-8-18-16-28-21-6-5-19(24)14-20(18)21)29-15-17-7-9-26-22(13-17)30-11-3-2-4-12-30/h5-7,9,13-14,16,28H,2-4,8,10-12,15H2,1H3,(H2,25,27,29). The van der Waals surface area contributed by atoms with Gasteiger partial charge < -0.3 is 20.5 Å². The maximum atomic E-state index is 13.5. The molecule has 0 unspecified atom stereocenters. The van der Waals surface area contributed by atoms with Crippen LogP contribution >= 0.6 is 0 Å². The Kier molecular flexibility index (Phi) is 6.47. The van der Waals surface area contributed by atoms with E-state index in [-0.39, 0.29) is 5.82 Å². The second-order valence-corrected chi connectivity index (χ2v) is 7.68. The third kappa shape index (κ3) is 4.90. The van der Waals surface area contributed by atoms with Gasteiger partial charge in [-0.15, -0.1) is 0 Å². The summed E-state index contributed by atoms with van der Waals surface area (Å²) in [5, 5.41) is 7.64. The van der Waals surface area contributed by atoms with E-state index in [0.29, 0.717) is 13.1 Å². The van der Waals surface area contributed by atoms with Crippen molar-refractivity contribution < 1.29 is 4.39 Å². The molecule has 0 saturated carbocycles. The molecule has 1 aromatic carbocycles. The molecule has 158 valence electrons. The summed E-state index contributed by atoms with van der Waals surface area (Å²) < 4.78 is 13.5. The molecule has 0 atom stereocenters. The zero-order valence-electron chi connectivity index (χ0n) is 17.4. The van der Waals surface area contributed by atoms with E-state index in [2.05, 4.69) is 36.6 Å². The summed E-state index contributed by atoms with van der Waals surface area (Å²) in [5.41, 5.74) is 3.23. The lowest BCUT2D eigenvalue weighted by molar-refractivity contribution is 0.573. The van der Waals surface area contributed by atoms with Crippen LogP contribution in [0.4, 0.5) is 10.2 Å². The van der Waals surface area contributed by atoms with Gasteiger partial charge in [0.2, 0.25) is 0 Å². The van der Waals surface area contributed by atoms with E-state index >= 15 is 0 Å². The first-order valence-corrected chi connectivity index (χ1v) is 10.6. The Morgan fingerprint density at radius 2 is 2.03 bits per heavy atom. The highest BCUT2D eigenvalue weighted by atomic mass is 19.1. The van der Waals surface area contributed by atoms with E-state index in [4.69, 9.17) is 0 Å². The van der Waals surface area contributed by atoms with Crippen molar-refractivity contribution in [1.82, 2.24) is 20.6 Å². The second-order valence-electron chi connectivity index (χ2n) is 7.68. The fourth-order valence-corrected chi connectivity index (χ4v) is 3.95. The molecule has 1 fully saturated rings. The number of hydrogen-bond acceptors (Lipinski definition) is 3. The van der Waals surface area contributed by atoms with Gasteiger partial charge in [-0.2, -0.15) is 0 Å². The van der Waals surface area contributed by atoms with Crippen LogP contribution in [-0.4, -0.2) is 42.6 Å². The minimum Gasteiger partial charge on any atom is -0.361 e. The molecule has 30 heavy (non-hydrogen) atoms. The van der Waals surface area contributed by atoms with Crippen molar-refractivity contribution in [3.05, 3.63) is 59.7 Å². The molecule has 1 aliphatic heterocycles. The number of aromatic amines is 1. The minimum absolute atomic E-state index is 0.213. The zero-order valence-corrected chi connectivity index (χ0v) is 17.4. The average Bonchev–Trinajstić information content (AvgIpc) is 3.19. The van der Waals surface area contributed by atoms with Crippen molar-refractivity contribution in [2.24, 2.45) is 4.99 Å². The third-order valence-electron chi connectivity index (χ3n) is 5.59. The lowest BCUT2D eigenvalue weighted by Gasteiger charge is -2.28. The molecule has 3 aromatic rings. The fraction of sp³-hybridized carbons (Fsp3) is 0.391. The number of rotatable bonds is 6. The van der Waals surface area contributed by atoms with E-state index in [1.807, 2.05) is 18.5 Å². The van der Waals surface area contributed by atoms with E-state index in [0.717, 1.165) is 47.8 Å². The molecule has 1 aliphatic rings. The van der Waals surface area contributed by atoms with E-state index < -0.39 is 0 Å². The summed E-state index contributed by atoms with van der Waals surface area (Å²) in [4.78, 5) is 14.4. The number of fused-ring (bicyclic) bond motifs is 1. The van der Waals surface area contributed by atoms with E-state index in [1.165, 1.54) is 30.9 Å². The van der Waals surface area contributed by atoms with Gasteiger partial charge in [0.25, 0.3) is 0 Å². The van der Waals surface area contributed by atoms with Crippen LogP contribution in [0.5, 0.6) is 0 Å². The predicted molar refractivity (Wildman–Crippen MR) is 120 cm³/mol. The highest BCUT2D eigenvalue weighted by molar-refractivity contribution is 5.83. The molecule has 4 rings (SSSR count). The second kappa shape index (κ2) is 9.61. The van der Waals surface area contributed by atoms with Gasteiger partial charge in [0.15, 0.2) is 5.96 Å². The monoisotopic (exact) mass is 408 g/mol. The van der Waals surface area contributed by atoms with Crippen LogP contribution in [0.3, 0.4) is 0 Å². The number of aliphatic imine (C=N–C) groups is 1. The smallest absolute Gasteiger partial charge is 0.191 e. The van der Waals surface area contributed by atoms with Crippen molar-refractivity contribution >= 4 is 22.7 Å². The summed E-state index contributed by atoms with van der Waals surface area (Å²) in [6.45, 7) is 3.57. The highest BCUT2D eigenvalue weighted by Gasteiger charge is 2.12. The van der Waals surface area contributed by atoms with Crippen LogP contribution in [0.2, 0.25) is 0 Å². The number of aromatic nitrogens is 2. The van der Waals surface area contributed by atoms with Gasteiger partial charge in [-0.05, 0) is 67.1 Å². The van der Waals surface area contributed by atoms with Gasteiger partial charge in [0.05, 0.1) is 0 Å². The summed E-state index contributed by atoms with van der Waals surface area (Å²) in [6, 6.07) is 9.02. The van der Waals surface area contributed by atoms with Crippen molar-refractivity contribution in [2.75, 3.05) is 31.6 Å². The van der Waals surface area contributed by atoms with E-state index in [1.54, 1.807) is 19.2 Å². The van der Waals surface area contributed by atoms with E-state index in [9.17, 15) is 4.39 Å². The van der Waals surface area contributed by atoms with Gasteiger partial charge in [0, 0.05) is 56.5 Å². The molecule has 3 N–H and O–H groups in total. The van der Waals surface area contributed by atoms with Crippen LogP contribution in [0.1, 0.15) is 30.4 Å². The molecule has 0 aliphatic carbocycles. The topological polar surface area (TPSA) is 68.3 Å². The molecule has 1 saturated heterocycles. The molecule has 0 amide bonds. The van der Waals surface area contributed by atoms with Crippen molar-refractivity contribution in [1.29, 1.82) is 0 Å².